The summed E-state index contributed by atoms with van der Waals surface area (Å²) in [6.45, 7) is 4.73. The molecule has 0 radical (unpaired) electrons. The molecule has 2 aliphatic rings. The molecule has 0 unspecified atom stereocenters. The summed E-state index contributed by atoms with van der Waals surface area (Å²) in [7, 11) is 0. The summed E-state index contributed by atoms with van der Waals surface area (Å²) < 4.78 is 5.12. The fourth-order valence-corrected chi connectivity index (χ4v) is 4.41. The Hall–Kier alpha value is -3.55. The molecule has 8 nitrogen and oxygen atoms in total. The summed E-state index contributed by atoms with van der Waals surface area (Å²) in [5, 5.41) is 6.25. The number of carbonyl (C=O) groups is 3. The SMILES string of the molecule is CCOC(=O)N1CCC(N2C(=O)c3ccccc3[C@H]2Nc2ccc(NC(C)=O)cc2)CC1. The van der Waals surface area contributed by atoms with Crippen molar-refractivity contribution in [2.24, 2.45) is 0 Å². The van der Waals surface area contributed by atoms with Gasteiger partial charge in [0.15, 0.2) is 0 Å². The number of nitrogens with zero attached hydrogens (tertiary/aromatic N) is 2. The minimum atomic E-state index is -0.301. The molecule has 4 rings (SSSR count). The number of anilines is 2. The molecule has 1 fully saturated rings. The van der Waals surface area contributed by atoms with E-state index in [0.717, 1.165) is 11.3 Å². The zero-order valence-electron chi connectivity index (χ0n) is 18.3. The molecular weight excluding hydrogens is 408 g/mol. The summed E-state index contributed by atoms with van der Waals surface area (Å²) >= 11 is 0. The van der Waals surface area contributed by atoms with Crippen LogP contribution in [-0.4, -0.2) is 53.4 Å². The van der Waals surface area contributed by atoms with Crippen LogP contribution >= 0.6 is 0 Å². The number of amides is 3. The van der Waals surface area contributed by atoms with Crippen molar-refractivity contribution in [3.63, 3.8) is 0 Å². The first-order chi connectivity index (χ1) is 15.5. The molecule has 0 aliphatic carbocycles. The largest absolute Gasteiger partial charge is 0.450 e. The maximum absolute atomic E-state index is 13.3. The van der Waals surface area contributed by atoms with Crippen LogP contribution in [0, 0.1) is 0 Å². The van der Waals surface area contributed by atoms with Crippen molar-refractivity contribution in [2.75, 3.05) is 30.3 Å². The molecule has 1 saturated heterocycles. The van der Waals surface area contributed by atoms with E-state index in [-0.39, 0.29) is 30.1 Å². The van der Waals surface area contributed by atoms with Gasteiger partial charge in [0.25, 0.3) is 5.91 Å². The highest BCUT2D eigenvalue weighted by atomic mass is 16.6. The van der Waals surface area contributed by atoms with Gasteiger partial charge < -0.3 is 25.2 Å². The summed E-state index contributed by atoms with van der Waals surface area (Å²) in [6, 6.07) is 15.1. The van der Waals surface area contributed by atoms with Crippen molar-refractivity contribution >= 4 is 29.3 Å². The summed E-state index contributed by atoms with van der Waals surface area (Å²) in [4.78, 5) is 40.3. The number of piperidine rings is 1. The van der Waals surface area contributed by atoms with Gasteiger partial charge in [0.05, 0.1) is 6.61 Å². The lowest BCUT2D eigenvalue weighted by Crippen LogP contribution is -2.49. The monoisotopic (exact) mass is 436 g/mol. The molecule has 1 atom stereocenters. The Labute approximate surface area is 187 Å². The molecule has 0 spiro atoms. The van der Waals surface area contributed by atoms with Crippen molar-refractivity contribution in [2.45, 2.75) is 38.9 Å². The predicted molar refractivity (Wildman–Crippen MR) is 121 cm³/mol. The molecule has 2 aromatic carbocycles. The summed E-state index contributed by atoms with van der Waals surface area (Å²) in [5.74, 6) is -0.121. The number of carbonyl (C=O) groups excluding carboxylic acids is 3. The number of benzene rings is 2. The van der Waals surface area contributed by atoms with Crippen LogP contribution in [0.2, 0.25) is 0 Å². The molecule has 0 saturated carbocycles. The lowest BCUT2D eigenvalue weighted by Gasteiger charge is -2.39. The van der Waals surface area contributed by atoms with E-state index in [2.05, 4.69) is 10.6 Å². The lowest BCUT2D eigenvalue weighted by atomic mass is 10.0. The molecule has 8 heteroatoms. The van der Waals surface area contributed by atoms with Crippen molar-refractivity contribution < 1.29 is 19.1 Å². The molecular formula is C24H28N4O4. The third-order valence-electron chi connectivity index (χ3n) is 5.89. The van der Waals surface area contributed by atoms with Gasteiger partial charge in [-0.3, -0.25) is 9.59 Å². The van der Waals surface area contributed by atoms with Crippen LogP contribution < -0.4 is 10.6 Å². The quantitative estimate of drug-likeness (QED) is 0.743. The van der Waals surface area contributed by atoms with E-state index in [1.54, 1.807) is 11.8 Å². The predicted octanol–water partition coefficient (Wildman–Crippen LogP) is 3.83. The average Bonchev–Trinajstić information content (AvgIpc) is 3.07. The number of fused-ring (bicyclic) bond motifs is 1. The normalized spacial score (nSPS) is 18.3. The Balaban J connectivity index is 1.53. The molecule has 2 aromatic rings. The van der Waals surface area contributed by atoms with Crippen molar-refractivity contribution in [1.82, 2.24) is 9.80 Å². The van der Waals surface area contributed by atoms with Crippen LogP contribution in [0.5, 0.6) is 0 Å². The topological polar surface area (TPSA) is 91.0 Å². The Kier molecular flexibility index (Phi) is 6.30. The highest BCUT2D eigenvalue weighted by Crippen LogP contribution is 2.38. The van der Waals surface area contributed by atoms with Gasteiger partial charge in [0.2, 0.25) is 5.91 Å². The molecule has 0 bridgehead atoms. The number of ether oxygens (including phenoxy) is 1. The second-order valence-corrected chi connectivity index (χ2v) is 8.02. The summed E-state index contributed by atoms with van der Waals surface area (Å²) in [5.41, 5.74) is 3.21. The molecule has 2 heterocycles. The summed E-state index contributed by atoms with van der Waals surface area (Å²) in [6.07, 6.45) is 0.788. The van der Waals surface area contributed by atoms with Gasteiger partial charge in [0.1, 0.15) is 6.17 Å². The molecule has 2 aliphatic heterocycles. The van der Waals surface area contributed by atoms with Gasteiger partial charge in [-0.05, 0) is 50.1 Å². The first kappa shape index (κ1) is 21.7. The van der Waals surface area contributed by atoms with E-state index < -0.39 is 0 Å². The van der Waals surface area contributed by atoms with Crippen LogP contribution in [0.4, 0.5) is 16.2 Å². The van der Waals surface area contributed by atoms with Gasteiger partial charge in [-0.2, -0.15) is 0 Å². The number of hydrogen-bond acceptors (Lipinski definition) is 5. The van der Waals surface area contributed by atoms with Crippen LogP contribution in [0.3, 0.4) is 0 Å². The fourth-order valence-electron chi connectivity index (χ4n) is 4.41. The van der Waals surface area contributed by atoms with E-state index in [0.29, 0.717) is 43.8 Å². The van der Waals surface area contributed by atoms with Crippen molar-refractivity contribution in [3.05, 3.63) is 59.7 Å². The zero-order valence-corrected chi connectivity index (χ0v) is 18.3. The fraction of sp³-hybridized carbons (Fsp3) is 0.375. The Bertz CT molecular complexity index is 999. The van der Waals surface area contributed by atoms with Gasteiger partial charge in [-0.25, -0.2) is 4.79 Å². The number of hydrogen-bond donors (Lipinski definition) is 2. The highest BCUT2D eigenvalue weighted by molar-refractivity contribution is 5.99. The Morgan fingerprint density at radius 3 is 2.34 bits per heavy atom. The van der Waals surface area contributed by atoms with Crippen molar-refractivity contribution in [1.29, 1.82) is 0 Å². The minimum absolute atomic E-state index is 0.00236. The van der Waals surface area contributed by atoms with E-state index >= 15 is 0 Å². The van der Waals surface area contributed by atoms with Gasteiger partial charge in [0, 0.05) is 48.6 Å². The standard InChI is InChI=1S/C24H28N4O4/c1-3-32-24(31)27-14-12-19(13-15-27)28-22(20-6-4-5-7-21(20)23(28)30)26-18-10-8-17(9-11-18)25-16(2)29/h4-11,19,22,26H,3,12-15H2,1-2H3,(H,25,29)/t22-/m0/s1. The van der Waals surface area contributed by atoms with Crippen molar-refractivity contribution in [3.8, 4) is 0 Å². The van der Waals surface area contributed by atoms with Crippen LogP contribution in [0.25, 0.3) is 0 Å². The van der Waals surface area contributed by atoms with Gasteiger partial charge in [-0.15, -0.1) is 0 Å². The van der Waals surface area contributed by atoms with E-state index in [4.69, 9.17) is 4.74 Å². The average molecular weight is 437 g/mol. The smallest absolute Gasteiger partial charge is 0.409 e. The van der Waals surface area contributed by atoms with Gasteiger partial charge >= 0.3 is 6.09 Å². The maximum atomic E-state index is 13.3. The highest BCUT2D eigenvalue weighted by Gasteiger charge is 2.42. The van der Waals surface area contributed by atoms with E-state index in [1.165, 1.54) is 6.92 Å². The van der Waals surface area contributed by atoms with Crippen LogP contribution in [-0.2, 0) is 9.53 Å². The first-order valence-electron chi connectivity index (χ1n) is 11.0. The number of nitrogens with one attached hydrogen (secondary N) is 2. The Morgan fingerprint density at radius 2 is 1.69 bits per heavy atom. The minimum Gasteiger partial charge on any atom is -0.450 e. The van der Waals surface area contributed by atoms with Gasteiger partial charge in [-0.1, -0.05) is 18.2 Å². The second kappa shape index (κ2) is 9.30. The molecule has 0 aromatic heterocycles. The molecule has 3 amide bonds. The lowest BCUT2D eigenvalue weighted by molar-refractivity contribution is -0.114. The zero-order chi connectivity index (χ0) is 22.7. The molecule has 2 N–H and O–H groups in total. The van der Waals surface area contributed by atoms with E-state index in [1.807, 2.05) is 53.4 Å². The van der Waals surface area contributed by atoms with Crippen LogP contribution in [0.15, 0.2) is 48.5 Å². The number of rotatable bonds is 5. The second-order valence-electron chi connectivity index (χ2n) is 8.02. The molecule has 32 heavy (non-hydrogen) atoms. The number of likely N-dealkylation sites (tertiary alicyclic amines) is 1. The molecule has 168 valence electrons. The van der Waals surface area contributed by atoms with E-state index in [9.17, 15) is 14.4 Å². The third-order valence-corrected chi connectivity index (χ3v) is 5.89. The van der Waals surface area contributed by atoms with Crippen LogP contribution in [0.1, 0.15) is 48.8 Å². The maximum Gasteiger partial charge on any atom is 0.409 e. The Morgan fingerprint density at radius 1 is 1.03 bits per heavy atom. The first-order valence-corrected chi connectivity index (χ1v) is 11.0. The third kappa shape index (κ3) is 4.39.